The fourth-order valence-electron chi connectivity index (χ4n) is 2.48. The molecular weight excluding hydrogens is 264 g/mol. The summed E-state index contributed by atoms with van der Waals surface area (Å²) in [6.07, 6.45) is 5.43. The zero-order valence-electron chi connectivity index (χ0n) is 11.0. The number of nitrogens with one attached hydrogen (secondary N) is 2. The minimum absolute atomic E-state index is 0.246. The van der Waals surface area contributed by atoms with Crippen LogP contribution in [0.15, 0.2) is 55.0 Å². The van der Waals surface area contributed by atoms with Gasteiger partial charge in [-0.1, -0.05) is 12.1 Å². The van der Waals surface area contributed by atoms with Gasteiger partial charge in [0.1, 0.15) is 11.4 Å². The number of hydrogen-bond donors (Lipinski definition) is 3. The zero-order chi connectivity index (χ0) is 14.2. The van der Waals surface area contributed by atoms with Crippen molar-refractivity contribution < 1.29 is 5.11 Å². The number of phenols is 1. The number of phenolic OH excluding ortho intramolecular Hbond substituents is 1. The van der Waals surface area contributed by atoms with Crippen molar-refractivity contribution >= 4 is 11.0 Å². The Labute approximate surface area is 120 Å². The van der Waals surface area contributed by atoms with Gasteiger partial charge in [0.05, 0.1) is 5.69 Å². The van der Waals surface area contributed by atoms with Crippen LogP contribution in [-0.4, -0.2) is 25.3 Å². The molecule has 0 unspecified atom stereocenters. The number of aromatic nitrogens is 4. The van der Waals surface area contributed by atoms with Crippen molar-refractivity contribution in [3.63, 3.8) is 0 Å². The summed E-state index contributed by atoms with van der Waals surface area (Å²) in [4.78, 5) is 7.60. The van der Waals surface area contributed by atoms with Gasteiger partial charge in [-0.2, -0.15) is 5.10 Å². The maximum absolute atomic E-state index is 9.61. The molecule has 4 rings (SSSR count). The zero-order valence-corrected chi connectivity index (χ0v) is 11.0. The Morgan fingerprint density at radius 2 is 2.00 bits per heavy atom. The molecule has 0 radical (unpaired) electrons. The fraction of sp³-hybridized carbons (Fsp3) is 0. The monoisotopic (exact) mass is 276 g/mol. The Morgan fingerprint density at radius 3 is 2.81 bits per heavy atom. The van der Waals surface area contributed by atoms with E-state index in [1.807, 2.05) is 24.4 Å². The summed E-state index contributed by atoms with van der Waals surface area (Å²) >= 11 is 0. The van der Waals surface area contributed by atoms with Gasteiger partial charge in [0.15, 0.2) is 0 Å². The van der Waals surface area contributed by atoms with Gasteiger partial charge in [-0.25, -0.2) is 4.98 Å². The highest BCUT2D eigenvalue weighted by Crippen LogP contribution is 2.30. The number of hydrogen-bond acceptors (Lipinski definition) is 3. The molecule has 3 heterocycles. The van der Waals surface area contributed by atoms with Crippen molar-refractivity contribution in [2.45, 2.75) is 0 Å². The van der Waals surface area contributed by atoms with Crippen LogP contribution in [0.25, 0.3) is 33.4 Å². The van der Waals surface area contributed by atoms with Crippen LogP contribution in [0.2, 0.25) is 0 Å². The number of rotatable bonds is 2. The van der Waals surface area contributed by atoms with E-state index in [1.54, 1.807) is 24.5 Å². The molecule has 3 N–H and O–H groups in total. The van der Waals surface area contributed by atoms with Crippen LogP contribution in [0, 0.1) is 0 Å². The number of aromatic hydroxyl groups is 1. The molecule has 5 heteroatoms. The normalized spacial score (nSPS) is 11.0. The smallest absolute Gasteiger partial charge is 0.137 e. The Hall–Kier alpha value is -3.08. The molecule has 0 bridgehead atoms. The molecule has 0 aliphatic carbocycles. The molecule has 0 aliphatic heterocycles. The molecule has 0 amide bonds. The van der Waals surface area contributed by atoms with Gasteiger partial charge in [-0.05, 0) is 29.8 Å². The first-order valence-corrected chi connectivity index (χ1v) is 6.57. The summed E-state index contributed by atoms with van der Waals surface area (Å²) in [5, 5.41) is 17.6. The Bertz CT molecular complexity index is 909. The highest BCUT2D eigenvalue weighted by molar-refractivity contribution is 5.94. The lowest BCUT2D eigenvalue weighted by atomic mass is 10.0. The summed E-state index contributed by atoms with van der Waals surface area (Å²) in [6.45, 7) is 0. The first-order valence-electron chi connectivity index (χ1n) is 6.57. The highest BCUT2D eigenvalue weighted by atomic mass is 16.3. The summed E-state index contributed by atoms with van der Waals surface area (Å²) < 4.78 is 0. The van der Waals surface area contributed by atoms with E-state index < -0.39 is 0 Å². The molecule has 0 saturated heterocycles. The molecule has 0 fully saturated rings. The maximum atomic E-state index is 9.61. The lowest BCUT2D eigenvalue weighted by Crippen LogP contribution is -1.83. The van der Waals surface area contributed by atoms with E-state index in [9.17, 15) is 5.11 Å². The van der Waals surface area contributed by atoms with Crippen molar-refractivity contribution in [1.29, 1.82) is 0 Å². The molecule has 0 atom stereocenters. The number of H-pyrrole nitrogens is 2. The molecular formula is C16H12N4O. The maximum Gasteiger partial charge on any atom is 0.137 e. The minimum Gasteiger partial charge on any atom is -0.508 e. The minimum atomic E-state index is 0.246. The summed E-state index contributed by atoms with van der Waals surface area (Å²) in [5.41, 5.74) is 4.68. The molecule has 5 nitrogen and oxygen atoms in total. The SMILES string of the molecule is Oc1cccc(-c2cnc3[nH]cc(-c4ccn[nH]4)c3c2)c1. The van der Waals surface area contributed by atoms with Crippen LogP contribution < -0.4 is 0 Å². The van der Waals surface area contributed by atoms with E-state index >= 15 is 0 Å². The van der Waals surface area contributed by atoms with E-state index in [1.165, 1.54) is 0 Å². The van der Waals surface area contributed by atoms with Gasteiger partial charge in [0, 0.05) is 35.1 Å². The average molecular weight is 276 g/mol. The first kappa shape index (κ1) is 11.7. The van der Waals surface area contributed by atoms with Crippen LogP contribution >= 0.6 is 0 Å². The van der Waals surface area contributed by atoms with Gasteiger partial charge in [0.25, 0.3) is 0 Å². The number of pyridine rings is 1. The molecule has 21 heavy (non-hydrogen) atoms. The third kappa shape index (κ3) is 1.95. The molecule has 0 aliphatic rings. The van der Waals surface area contributed by atoms with Crippen molar-refractivity contribution in [2.24, 2.45) is 0 Å². The molecule has 0 spiro atoms. The largest absolute Gasteiger partial charge is 0.508 e. The molecule has 1 aromatic carbocycles. The van der Waals surface area contributed by atoms with Crippen molar-refractivity contribution in [3.05, 3.63) is 55.0 Å². The molecule has 3 aromatic heterocycles. The molecule has 102 valence electrons. The van der Waals surface area contributed by atoms with Gasteiger partial charge >= 0.3 is 0 Å². The van der Waals surface area contributed by atoms with Crippen molar-refractivity contribution in [2.75, 3.05) is 0 Å². The molecule has 0 saturated carbocycles. The standard InChI is InChI=1S/C16H12N4O/c21-12-3-1-2-10(6-12)11-7-13-14(15-4-5-19-20-15)9-18-16(13)17-8-11/h1-9,21H,(H,17,18)(H,19,20). The third-order valence-corrected chi connectivity index (χ3v) is 3.50. The molecule has 4 aromatic rings. The van der Waals surface area contributed by atoms with E-state index in [0.29, 0.717) is 0 Å². The van der Waals surface area contributed by atoms with E-state index in [2.05, 4.69) is 26.2 Å². The topological polar surface area (TPSA) is 77.6 Å². The second-order valence-corrected chi connectivity index (χ2v) is 4.84. The van der Waals surface area contributed by atoms with E-state index in [-0.39, 0.29) is 5.75 Å². The summed E-state index contributed by atoms with van der Waals surface area (Å²) in [5.74, 6) is 0.246. The van der Waals surface area contributed by atoms with Crippen LogP contribution in [0.3, 0.4) is 0 Å². The summed E-state index contributed by atoms with van der Waals surface area (Å²) in [6, 6.07) is 11.1. The van der Waals surface area contributed by atoms with Gasteiger partial charge in [0.2, 0.25) is 0 Å². The van der Waals surface area contributed by atoms with Crippen LogP contribution in [-0.2, 0) is 0 Å². The quantitative estimate of drug-likeness (QED) is 0.525. The Kier molecular flexibility index (Phi) is 2.50. The van der Waals surface area contributed by atoms with Gasteiger partial charge < -0.3 is 10.1 Å². The second-order valence-electron chi connectivity index (χ2n) is 4.84. The lowest BCUT2D eigenvalue weighted by molar-refractivity contribution is 0.475. The second kappa shape index (κ2) is 4.49. The first-order chi connectivity index (χ1) is 10.3. The van der Waals surface area contributed by atoms with Gasteiger partial charge in [-0.3, -0.25) is 5.10 Å². The average Bonchev–Trinajstić information content (AvgIpc) is 3.15. The van der Waals surface area contributed by atoms with Crippen LogP contribution in [0.1, 0.15) is 0 Å². The Morgan fingerprint density at radius 1 is 1.05 bits per heavy atom. The fourth-order valence-corrected chi connectivity index (χ4v) is 2.48. The third-order valence-electron chi connectivity index (χ3n) is 3.50. The highest BCUT2D eigenvalue weighted by Gasteiger charge is 2.10. The predicted molar refractivity (Wildman–Crippen MR) is 80.8 cm³/mol. The number of benzene rings is 1. The number of aromatic amines is 2. The van der Waals surface area contributed by atoms with Crippen molar-refractivity contribution in [3.8, 4) is 28.1 Å². The van der Waals surface area contributed by atoms with Gasteiger partial charge in [-0.15, -0.1) is 0 Å². The van der Waals surface area contributed by atoms with E-state index in [0.717, 1.165) is 33.4 Å². The number of nitrogens with zero attached hydrogens (tertiary/aromatic N) is 2. The van der Waals surface area contributed by atoms with Crippen LogP contribution in [0.4, 0.5) is 0 Å². The van der Waals surface area contributed by atoms with Crippen molar-refractivity contribution in [1.82, 2.24) is 20.2 Å². The number of fused-ring (bicyclic) bond motifs is 1. The lowest BCUT2D eigenvalue weighted by Gasteiger charge is -2.03. The summed E-state index contributed by atoms with van der Waals surface area (Å²) in [7, 11) is 0. The predicted octanol–water partition coefficient (Wildman–Crippen LogP) is 3.33. The van der Waals surface area contributed by atoms with E-state index in [4.69, 9.17) is 0 Å². The Balaban J connectivity index is 1.91. The van der Waals surface area contributed by atoms with Crippen LogP contribution in [0.5, 0.6) is 5.75 Å².